The molecule has 1 aliphatic rings. The van der Waals surface area contributed by atoms with E-state index in [1.165, 1.54) is 13.2 Å². The van der Waals surface area contributed by atoms with Crippen LogP contribution < -0.4 is 10.1 Å². The highest BCUT2D eigenvalue weighted by molar-refractivity contribution is 9.10. The van der Waals surface area contributed by atoms with Gasteiger partial charge in [0.1, 0.15) is 0 Å². The first-order chi connectivity index (χ1) is 8.51. The zero-order valence-corrected chi connectivity index (χ0v) is 11.6. The van der Waals surface area contributed by atoms with E-state index in [9.17, 15) is 14.7 Å². The van der Waals surface area contributed by atoms with Gasteiger partial charge in [0, 0.05) is 10.0 Å². The number of benzene rings is 1. The van der Waals surface area contributed by atoms with Crippen molar-refractivity contribution in [2.45, 2.75) is 0 Å². The number of ether oxygens (including phenoxy) is 1. The average molecular weight is 330 g/mol. The maximum atomic E-state index is 11.4. The molecule has 0 unspecified atom stereocenters. The lowest BCUT2D eigenvalue weighted by atomic mass is 10.1. The molecule has 0 spiro atoms. The lowest BCUT2D eigenvalue weighted by Crippen LogP contribution is -2.17. The molecular weight excluding hydrogens is 322 g/mol. The number of imide groups is 1. The lowest BCUT2D eigenvalue weighted by Gasteiger charge is -2.07. The van der Waals surface area contributed by atoms with E-state index in [4.69, 9.17) is 4.74 Å². The highest BCUT2D eigenvalue weighted by Gasteiger charge is 2.25. The molecule has 0 bridgehead atoms. The zero-order chi connectivity index (χ0) is 13.3. The first kappa shape index (κ1) is 13.0. The normalized spacial score (nSPS) is 17.1. The molecule has 94 valence electrons. The van der Waals surface area contributed by atoms with Crippen LogP contribution in [0.1, 0.15) is 5.56 Å². The highest BCUT2D eigenvalue weighted by Crippen LogP contribution is 2.36. The van der Waals surface area contributed by atoms with Crippen molar-refractivity contribution in [3.05, 3.63) is 27.1 Å². The summed E-state index contributed by atoms with van der Waals surface area (Å²) in [6.07, 6.45) is 1.44. The molecule has 0 atom stereocenters. The van der Waals surface area contributed by atoms with Crippen LogP contribution in [0.2, 0.25) is 0 Å². The number of carbonyl (C=O) groups excluding carboxylic acids is 2. The monoisotopic (exact) mass is 329 g/mol. The Bertz CT molecular complexity index is 570. The van der Waals surface area contributed by atoms with Crippen LogP contribution >= 0.6 is 27.7 Å². The second-order valence-electron chi connectivity index (χ2n) is 3.40. The van der Waals surface area contributed by atoms with E-state index in [-0.39, 0.29) is 16.4 Å². The fourth-order valence-corrected chi connectivity index (χ4v) is 2.55. The minimum absolute atomic E-state index is 0.0825. The van der Waals surface area contributed by atoms with Gasteiger partial charge in [-0.25, -0.2) is 0 Å². The Morgan fingerprint density at radius 1 is 1.44 bits per heavy atom. The van der Waals surface area contributed by atoms with Gasteiger partial charge in [-0.3, -0.25) is 14.9 Å². The van der Waals surface area contributed by atoms with E-state index in [1.54, 1.807) is 12.1 Å². The predicted octanol–water partition coefficient (Wildman–Crippen LogP) is 2.49. The summed E-state index contributed by atoms with van der Waals surface area (Å²) in [7, 11) is 1.43. The van der Waals surface area contributed by atoms with Crippen molar-refractivity contribution < 1.29 is 19.4 Å². The topological polar surface area (TPSA) is 75.6 Å². The van der Waals surface area contributed by atoms with E-state index in [2.05, 4.69) is 21.2 Å². The van der Waals surface area contributed by atoms with Gasteiger partial charge in [-0.15, -0.1) is 0 Å². The molecule has 2 amide bonds. The maximum absolute atomic E-state index is 11.4. The Hall–Kier alpha value is -1.47. The third-order valence-corrected chi connectivity index (χ3v) is 3.49. The molecule has 1 aliphatic heterocycles. The van der Waals surface area contributed by atoms with Crippen LogP contribution in [0.4, 0.5) is 4.79 Å². The van der Waals surface area contributed by atoms with Gasteiger partial charge in [-0.05, 0) is 30.0 Å². The largest absolute Gasteiger partial charge is 0.504 e. The number of phenols is 1. The van der Waals surface area contributed by atoms with Gasteiger partial charge in [-0.1, -0.05) is 15.9 Å². The van der Waals surface area contributed by atoms with Gasteiger partial charge in [0.25, 0.3) is 11.1 Å². The van der Waals surface area contributed by atoms with Gasteiger partial charge in [0.2, 0.25) is 0 Å². The SMILES string of the molecule is COc1cc(Br)cc(/C=C2/SC(=O)NC2=O)c1O. The van der Waals surface area contributed by atoms with Crippen molar-refractivity contribution in [3.63, 3.8) is 0 Å². The molecule has 1 aromatic carbocycles. The molecule has 1 aromatic rings. The molecule has 5 nitrogen and oxygen atoms in total. The van der Waals surface area contributed by atoms with Crippen LogP contribution in [-0.2, 0) is 4.79 Å². The Labute approximate surface area is 115 Å². The molecule has 1 saturated heterocycles. The van der Waals surface area contributed by atoms with Crippen molar-refractivity contribution in [3.8, 4) is 11.5 Å². The molecule has 0 aromatic heterocycles. The third-order valence-electron chi connectivity index (χ3n) is 2.22. The number of aromatic hydroxyl groups is 1. The second-order valence-corrected chi connectivity index (χ2v) is 5.33. The van der Waals surface area contributed by atoms with Crippen molar-refractivity contribution in [1.29, 1.82) is 0 Å². The van der Waals surface area contributed by atoms with E-state index >= 15 is 0 Å². The molecule has 1 heterocycles. The fourth-order valence-electron chi connectivity index (χ4n) is 1.42. The summed E-state index contributed by atoms with van der Waals surface area (Å²) < 4.78 is 5.69. The van der Waals surface area contributed by atoms with Gasteiger partial charge in [0.05, 0.1) is 12.0 Å². The minimum atomic E-state index is -0.469. The van der Waals surface area contributed by atoms with Gasteiger partial charge in [-0.2, -0.15) is 0 Å². The molecule has 0 saturated carbocycles. The first-order valence-corrected chi connectivity index (χ1v) is 6.43. The molecule has 2 N–H and O–H groups in total. The fraction of sp³-hybridized carbons (Fsp3) is 0.0909. The van der Waals surface area contributed by atoms with Gasteiger partial charge < -0.3 is 9.84 Å². The Kier molecular flexibility index (Phi) is 3.63. The van der Waals surface area contributed by atoms with E-state index < -0.39 is 11.1 Å². The van der Waals surface area contributed by atoms with Crippen LogP contribution in [0.3, 0.4) is 0 Å². The smallest absolute Gasteiger partial charge is 0.290 e. The van der Waals surface area contributed by atoms with Crippen molar-refractivity contribution in [1.82, 2.24) is 5.32 Å². The van der Waals surface area contributed by atoms with E-state index in [0.717, 1.165) is 11.8 Å². The summed E-state index contributed by atoms with van der Waals surface area (Å²) in [6, 6.07) is 3.23. The zero-order valence-electron chi connectivity index (χ0n) is 9.19. The lowest BCUT2D eigenvalue weighted by molar-refractivity contribution is -0.115. The van der Waals surface area contributed by atoms with Gasteiger partial charge in [0.15, 0.2) is 11.5 Å². The Morgan fingerprint density at radius 3 is 2.72 bits per heavy atom. The number of phenolic OH excluding ortho intramolecular Hbond substituents is 1. The third kappa shape index (κ3) is 2.51. The minimum Gasteiger partial charge on any atom is -0.504 e. The molecule has 0 aliphatic carbocycles. The number of nitrogens with one attached hydrogen (secondary N) is 1. The predicted molar refractivity (Wildman–Crippen MR) is 71.5 cm³/mol. The number of amides is 2. The summed E-state index contributed by atoms with van der Waals surface area (Å²) >= 11 is 4.06. The summed E-state index contributed by atoms with van der Waals surface area (Å²) in [5.41, 5.74) is 0.397. The molecule has 7 heteroatoms. The number of methoxy groups -OCH3 is 1. The first-order valence-electron chi connectivity index (χ1n) is 4.82. The summed E-state index contributed by atoms with van der Waals surface area (Å²) in [6.45, 7) is 0. The number of hydrogen-bond donors (Lipinski definition) is 2. The molecule has 1 fully saturated rings. The molecule has 2 rings (SSSR count). The number of hydrogen-bond acceptors (Lipinski definition) is 5. The van der Waals surface area contributed by atoms with E-state index in [0.29, 0.717) is 10.0 Å². The maximum Gasteiger partial charge on any atom is 0.290 e. The van der Waals surface area contributed by atoms with Crippen LogP contribution in [0.15, 0.2) is 21.5 Å². The number of rotatable bonds is 2. The summed E-state index contributed by atoms with van der Waals surface area (Å²) in [5, 5.41) is 11.6. The van der Waals surface area contributed by atoms with Crippen molar-refractivity contribution in [2.24, 2.45) is 0 Å². The van der Waals surface area contributed by atoms with Crippen LogP contribution in [0, 0.1) is 0 Å². The number of thioether (sulfide) groups is 1. The molecule has 0 radical (unpaired) electrons. The second kappa shape index (κ2) is 5.03. The quantitative estimate of drug-likeness (QED) is 0.815. The van der Waals surface area contributed by atoms with Crippen LogP contribution in [0.25, 0.3) is 6.08 Å². The highest BCUT2D eigenvalue weighted by atomic mass is 79.9. The number of carbonyl (C=O) groups is 2. The summed E-state index contributed by atoms with van der Waals surface area (Å²) in [5.74, 6) is -0.268. The van der Waals surface area contributed by atoms with Gasteiger partial charge >= 0.3 is 0 Å². The van der Waals surface area contributed by atoms with E-state index in [1.807, 2.05) is 0 Å². The Balaban J connectivity index is 2.46. The average Bonchev–Trinajstić information content (AvgIpc) is 2.62. The van der Waals surface area contributed by atoms with Crippen LogP contribution in [-0.4, -0.2) is 23.4 Å². The van der Waals surface area contributed by atoms with Crippen LogP contribution in [0.5, 0.6) is 11.5 Å². The molecular formula is C11H8BrNO4S. The van der Waals surface area contributed by atoms with Crippen molar-refractivity contribution >= 4 is 44.9 Å². The Morgan fingerprint density at radius 2 is 2.17 bits per heavy atom. The number of halogens is 1. The van der Waals surface area contributed by atoms with Crippen molar-refractivity contribution in [2.75, 3.05) is 7.11 Å². The standard InChI is InChI=1S/C11H8BrNO4S/c1-17-7-4-6(12)2-5(9(7)14)3-8-10(15)13-11(16)18-8/h2-4,14H,1H3,(H,13,15,16)/b8-3+. The molecule has 18 heavy (non-hydrogen) atoms. The summed E-state index contributed by atoms with van der Waals surface area (Å²) in [4.78, 5) is 22.6.